The van der Waals surface area contributed by atoms with E-state index in [4.69, 9.17) is 0 Å². The van der Waals surface area contributed by atoms with Crippen LogP contribution >= 0.6 is 0 Å². The number of aromatic nitrogens is 2. The van der Waals surface area contributed by atoms with Crippen LogP contribution in [-0.2, 0) is 4.79 Å². The molecule has 3 rings (SSSR count). The van der Waals surface area contributed by atoms with E-state index >= 15 is 0 Å². The van der Waals surface area contributed by atoms with Gasteiger partial charge >= 0.3 is 0 Å². The summed E-state index contributed by atoms with van der Waals surface area (Å²) >= 11 is 0. The standard InChI is InChI=1S/C15H20N4O3/c1-10-17-7-11(8-18-10)13(21)19-6-3-12(20)15(9-19)4-2-5-16-14(15)22/h7-8,12,20H,2-6,9H2,1H3,(H,16,22)/t12-,15+/m0/s1. The summed E-state index contributed by atoms with van der Waals surface area (Å²) in [4.78, 5) is 34.6. The summed E-state index contributed by atoms with van der Waals surface area (Å²) in [7, 11) is 0. The molecular formula is C15H20N4O3. The average molecular weight is 304 g/mol. The summed E-state index contributed by atoms with van der Waals surface area (Å²) in [6.07, 6.45) is 4.14. The molecule has 7 heteroatoms. The Bertz CT molecular complexity index is 589. The van der Waals surface area contributed by atoms with Crippen LogP contribution in [0.4, 0.5) is 0 Å². The number of aliphatic hydroxyl groups excluding tert-OH is 1. The summed E-state index contributed by atoms with van der Waals surface area (Å²) in [5.41, 5.74) is -0.467. The minimum absolute atomic E-state index is 0.149. The van der Waals surface area contributed by atoms with Gasteiger partial charge in [-0.2, -0.15) is 0 Å². The lowest BCUT2D eigenvalue weighted by Gasteiger charge is -2.46. The van der Waals surface area contributed by atoms with E-state index < -0.39 is 11.5 Å². The maximum Gasteiger partial charge on any atom is 0.257 e. The molecule has 1 aromatic heterocycles. The van der Waals surface area contributed by atoms with Gasteiger partial charge in [-0.3, -0.25) is 9.59 Å². The molecule has 1 spiro atoms. The van der Waals surface area contributed by atoms with Gasteiger partial charge < -0.3 is 15.3 Å². The maximum absolute atomic E-state index is 12.6. The summed E-state index contributed by atoms with van der Waals surface area (Å²) in [6, 6.07) is 0. The second kappa shape index (κ2) is 5.64. The first-order valence-corrected chi connectivity index (χ1v) is 7.57. The molecule has 0 radical (unpaired) electrons. The number of hydrogen-bond acceptors (Lipinski definition) is 5. The number of likely N-dealkylation sites (tertiary alicyclic amines) is 1. The summed E-state index contributed by atoms with van der Waals surface area (Å²) in [5.74, 6) is 0.266. The highest BCUT2D eigenvalue weighted by molar-refractivity contribution is 5.94. The van der Waals surface area contributed by atoms with Crippen LogP contribution in [0.25, 0.3) is 0 Å². The molecule has 118 valence electrons. The summed E-state index contributed by atoms with van der Waals surface area (Å²) in [5, 5.41) is 13.2. The topological polar surface area (TPSA) is 95.4 Å². The van der Waals surface area contributed by atoms with Gasteiger partial charge in [-0.1, -0.05) is 0 Å². The van der Waals surface area contributed by atoms with Crippen molar-refractivity contribution in [3.63, 3.8) is 0 Å². The monoisotopic (exact) mass is 304 g/mol. The molecule has 0 aliphatic carbocycles. The van der Waals surface area contributed by atoms with Crippen molar-refractivity contribution in [1.29, 1.82) is 0 Å². The molecule has 2 saturated heterocycles. The SMILES string of the molecule is Cc1ncc(C(=O)N2CC[C@H](O)[C@@]3(CCCNC3=O)C2)cn1. The van der Waals surface area contributed by atoms with Crippen LogP contribution in [0.2, 0.25) is 0 Å². The number of piperidine rings is 2. The van der Waals surface area contributed by atoms with Crippen molar-refractivity contribution in [2.24, 2.45) is 5.41 Å². The van der Waals surface area contributed by atoms with Crippen LogP contribution in [-0.4, -0.2) is 57.5 Å². The third kappa shape index (κ3) is 2.45. The zero-order chi connectivity index (χ0) is 15.7. The van der Waals surface area contributed by atoms with Crippen molar-refractivity contribution in [3.05, 3.63) is 23.8 Å². The Kier molecular flexibility index (Phi) is 3.82. The summed E-state index contributed by atoms with van der Waals surface area (Å²) < 4.78 is 0. The molecule has 2 fully saturated rings. The van der Waals surface area contributed by atoms with Crippen molar-refractivity contribution in [1.82, 2.24) is 20.2 Å². The highest BCUT2D eigenvalue weighted by Gasteiger charge is 2.50. The van der Waals surface area contributed by atoms with E-state index in [2.05, 4.69) is 15.3 Å². The number of nitrogens with one attached hydrogen (secondary N) is 1. The molecule has 3 heterocycles. The van der Waals surface area contributed by atoms with Gasteiger partial charge in [-0.05, 0) is 26.2 Å². The number of amides is 2. The minimum Gasteiger partial charge on any atom is -0.392 e. The molecule has 0 bridgehead atoms. The number of aryl methyl sites for hydroxylation is 1. The van der Waals surface area contributed by atoms with Crippen LogP contribution in [0, 0.1) is 12.3 Å². The second-order valence-electron chi connectivity index (χ2n) is 6.07. The molecule has 7 nitrogen and oxygen atoms in total. The van der Waals surface area contributed by atoms with Gasteiger partial charge in [0.25, 0.3) is 5.91 Å². The Morgan fingerprint density at radius 1 is 1.45 bits per heavy atom. The van der Waals surface area contributed by atoms with Gasteiger partial charge in [-0.15, -0.1) is 0 Å². The Morgan fingerprint density at radius 2 is 2.18 bits per heavy atom. The fraction of sp³-hybridized carbons (Fsp3) is 0.600. The fourth-order valence-corrected chi connectivity index (χ4v) is 3.30. The van der Waals surface area contributed by atoms with E-state index in [1.807, 2.05) is 0 Å². The first-order valence-electron chi connectivity index (χ1n) is 7.57. The Morgan fingerprint density at radius 3 is 2.86 bits per heavy atom. The molecule has 22 heavy (non-hydrogen) atoms. The first-order chi connectivity index (χ1) is 10.5. The van der Waals surface area contributed by atoms with Gasteiger partial charge in [0.2, 0.25) is 5.91 Å². The van der Waals surface area contributed by atoms with Gasteiger partial charge in [0.05, 0.1) is 17.1 Å². The zero-order valence-electron chi connectivity index (χ0n) is 12.6. The smallest absolute Gasteiger partial charge is 0.257 e. The number of carbonyl (C=O) groups excluding carboxylic acids is 2. The third-order valence-electron chi connectivity index (χ3n) is 4.64. The zero-order valence-corrected chi connectivity index (χ0v) is 12.6. The number of hydrogen-bond donors (Lipinski definition) is 2. The van der Waals surface area contributed by atoms with Crippen LogP contribution in [0.1, 0.15) is 35.4 Å². The fourth-order valence-electron chi connectivity index (χ4n) is 3.30. The molecule has 1 aromatic rings. The molecule has 2 aliphatic heterocycles. The molecule has 2 N–H and O–H groups in total. The minimum atomic E-state index is -0.877. The highest BCUT2D eigenvalue weighted by Crippen LogP contribution is 2.37. The Hall–Kier alpha value is -2.02. The van der Waals surface area contributed by atoms with Crippen molar-refractivity contribution < 1.29 is 14.7 Å². The van der Waals surface area contributed by atoms with E-state index in [-0.39, 0.29) is 18.4 Å². The predicted molar refractivity (Wildman–Crippen MR) is 78.0 cm³/mol. The summed E-state index contributed by atoms with van der Waals surface area (Å²) in [6.45, 7) is 3.07. The van der Waals surface area contributed by atoms with Crippen molar-refractivity contribution in [2.45, 2.75) is 32.3 Å². The van der Waals surface area contributed by atoms with Crippen LogP contribution in [0.5, 0.6) is 0 Å². The van der Waals surface area contributed by atoms with Gasteiger partial charge in [0.1, 0.15) is 5.82 Å². The van der Waals surface area contributed by atoms with E-state index in [9.17, 15) is 14.7 Å². The highest BCUT2D eigenvalue weighted by atomic mass is 16.3. The quantitative estimate of drug-likeness (QED) is 0.754. The molecule has 0 aromatic carbocycles. The number of nitrogens with zero attached hydrogens (tertiary/aromatic N) is 3. The van der Waals surface area contributed by atoms with Gasteiger partial charge in [0.15, 0.2) is 0 Å². The average Bonchev–Trinajstić information content (AvgIpc) is 2.53. The van der Waals surface area contributed by atoms with Crippen molar-refractivity contribution >= 4 is 11.8 Å². The normalized spacial score (nSPS) is 28.5. The van der Waals surface area contributed by atoms with Crippen LogP contribution < -0.4 is 5.32 Å². The van der Waals surface area contributed by atoms with Crippen LogP contribution in [0.15, 0.2) is 12.4 Å². The number of rotatable bonds is 1. The molecule has 2 atom stereocenters. The molecule has 0 saturated carbocycles. The molecule has 2 amide bonds. The molecule has 2 aliphatic rings. The lowest BCUT2D eigenvalue weighted by molar-refractivity contribution is -0.147. The first kappa shape index (κ1) is 14.9. The van der Waals surface area contributed by atoms with E-state index in [1.165, 1.54) is 12.4 Å². The Balaban J connectivity index is 1.82. The molecule has 0 unspecified atom stereocenters. The van der Waals surface area contributed by atoms with Crippen molar-refractivity contribution in [2.75, 3.05) is 19.6 Å². The number of aliphatic hydroxyl groups is 1. The van der Waals surface area contributed by atoms with Crippen molar-refractivity contribution in [3.8, 4) is 0 Å². The maximum atomic E-state index is 12.6. The number of carbonyl (C=O) groups is 2. The largest absolute Gasteiger partial charge is 0.392 e. The van der Waals surface area contributed by atoms with Gasteiger partial charge in [-0.25, -0.2) is 9.97 Å². The van der Waals surface area contributed by atoms with Crippen LogP contribution in [0.3, 0.4) is 0 Å². The lowest BCUT2D eigenvalue weighted by Crippen LogP contribution is -2.62. The second-order valence-corrected chi connectivity index (χ2v) is 6.07. The van der Waals surface area contributed by atoms with Gasteiger partial charge in [0, 0.05) is 32.0 Å². The van der Waals surface area contributed by atoms with E-state index in [0.29, 0.717) is 37.3 Å². The molecular weight excluding hydrogens is 284 g/mol. The van der Waals surface area contributed by atoms with E-state index in [1.54, 1.807) is 11.8 Å². The Labute approximate surface area is 128 Å². The predicted octanol–water partition coefficient (Wildman–Crippen LogP) is -0.112. The third-order valence-corrected chi connectivity index (χ3v) is 4.64. The lowest BCUT2D eigenvalue weighted by atomic mass is 9.71. The van der Waals surface area contributed by atoms with E-state index in [0.717, 1.165) is 6.42 Å².